The quantitative estimate of drug-likeness (QED) is 0.189. The van der Waals surface area contributed by atoms with Crippen LogP contribution < -0.4 is 15.6 Å². The van der Waals surface area contributed by atoms with Gasteiger partial charge in [-0.15, -0.1) is 0 Å². The summed E-state index contributed by atoms with van der Waals surface area (Å²) in [4.78, 5) is 53.3. The van der Waals surface area contributed by atoms with Gasteiger partial charge >= 0.3 is 0 Å². The van der Waals surface area contributed by atoms with E-state index in [1.54, 1.807) is 36.4 Å². The molecule has 0 spiro atoms. The Hall–Kier alpha value is -4.19. The van der Waals surface area contributed by atoms with Crippen molar-refractivity contribution in [1.82, 2.24) is 24.8 Å². The molecule has 224 valence electrons. The van der Waals surface area contributed by atoms with Crippen molar-refractivity contribution < 1.29 is 19.4 Å². The number of nitrogens with zero attached hydrogens (tertiary/aromatic N) is 3. The number of aromatic amines is 2. The molecule has 4 heterocycles. The Kier molecular flexibility index (Phi) is 8.20. The van der Waals surface area contributed by atoms with E-state index in [-0.39, 0.29) is 36.4 Å². The van der Waals surface area contributed by atoms with Crippen LogP contribution in [0.1, 0.15) is 45.5 Å². The number of carbonyl (C=O) groups excluding carboxylic acids is 2. The Labute approximate surface area is 252 Å². The highest BCUT2D eigenvalue weighted by Crippen LogP contribution is 2.30. The van der Waals surface area contributed by atoms with E-state index in [0.717, 1.165) is 31.6 Å². The van der Waals surface area contributed by atoms with E-state index in [0.29, 0.717) is 45.2 Å². The Balaban J connectivity index is 1.16. The number of H-pyrrole nitrogens is 2. The summed E-state index contributed by atoms with van der Waals surface area (Å²) in [5, 5.41) is 14.2. The van der Waals surface area contributed by atoms with Gasteiger partial charge in [-0.3, -0.25) is 19.3 Å². The summed E-state index contributed by atoms with van der Waals surface area (Å²) in [6.45, 7) is 5.33. The van der Waals surface area contributed by atoms with E-state index in [1.165, 1.54) is 23.9 Å². The zero-order valence-electron chi connectivity index (χ0n) is 23.8. The third kappa shape index (κ3) is 5.88. The highest BCUT2D eigenvalue weighted by molar-refractivity contribution is 6.31. The molecule has 0 aliphatic carbocycles. The molecule has 2 aromatic carbocycles. The molecule has 6 rings (SSSR count). The summed E-state index contributed by atoms with van der Waals surface area (Å²) in [6.07, 6.45) is 3.74. The maximum atomic E-state index is 13.1. The average Bonchev–Trinajstić information content (AvgIpc) is 3.71. The van der Waals surface area contributed by atoms with Crippen molar-refractivity contribution in [2.24, 2.45) is 0 Å². The number of fused-ring (bicyclic) bond motifs is 2. The van der Waals surface area contributed by atoms with Gasteiger partial charge in [-0.2, -0.15) is 0 Å². The van der Waals surface area contributed by atoms with Gasteiger partial charge < -0.3 is 30.0 Å². The number of benzene rings is 2. The summed E-state index contributed by atoms with van der Waals surface area (Å²) in [7, 11) is 0. The van der Waals surface area contributed by atoms with Crippen LogP contribution in [0.2, 0.25) is 5.02 Å². The normalized spacial score (nSPS) is 15.8. The number of carbonyl (C=O) groups is 2. The topological polar surface area (TPSA) is 144 Å². The zero-order valence-corrected chi connectivity index (χ0v) is 24.5. The average molecular weight is 605 g/mol. The van der Waals surface area contributed by atoms with Gasteiger partial charge in [0.15, 0.2) is 0 Å². The van der Waals surface area contributed by atoms with E-state index in [4.69, 9.17) is 16.3 Å². The Bertz CT molecular complexity index is 1690. The second kappa shape index (κ2) is 12.2. The number of hydrogen-bond acceptors (Lipinski definition) is 8. The van der Waals surface area contributed by atoms with Gasteiger partial charge in [0.1, 0.15) is 29.8 Å². The minimum Gasteiger partial charge on any atom is -0.490 e. The highest BCUT2D eigenvalue weighted by atomic mass is 35.5. The number of likely N-dealkylation sites (tertiary alicyclic amines) is 1. The molecule has 1 fully saturated rings. The number of imide groups is 1. The monoisotopic (exact) mass is 604 g/mol. The zero-order chi connectivity index (χ0) is 30.1. The van der Waals surface area contributed by atoms with Crippen LogP contribution in [0.15, 0.2) is 47.4 Å². The van der Waals surface area contributed by atoms with Crippen LogP contribution in [-0.2, 0) is 0 Å². The number of nitrogens with one attached hydrogen (secondary N) is 3. The molecular weight excluding hydrogens is 572 g/mol. The van der Waals surface area contributed by atoms with Gasteiger partial charge in [-0.25, -0.2) is 4.98 Å². The lowest BCUT2D eigenvalue weighted by atomic mass is 10.1. The summed E-state index contributed by atoms with van der Waals surface area (Å²) < 4.78 is 5.73. The van der Waals surface area contributed by atoms with E-state index in [2.05, 4.69) is 25.2 Å². The van der Waals surface area contributed by atoms with Crippen LogP contribution in [0.4, 0.5) is 5.69 Å². The molecule has 0 bridgehead atoms. The summed E-state index contributed by atoms with van der Waals surface area (Å²) in [6, 6.07) is 10.2. The third-order valence-electron chi connectivity index (χ3n) is 8.00. The van der Waals surface area contributed by atoms with Gasteiger partial charge in [0.25, 0.3) is 17.4 Å². The van der Waals surface area contributed by atoms with Crippen molar-refractivity contribution in [2.75, 3.05) is 44.6 Å². The summed E-state index contributed by atoms with van der Waals surface area (Å²) in [5.41, 5.74) is 2.71. The van der Waals surface area contributed by atoms with Crippen LogP contribution >= 0.6 is 11.6 Å². The lowest BCUT2D eigenvalue weighted by Crippen LogP contribution is -2.33. The fourth-order valence-corrected chi connectivity index (χ4v) is 5.82. The fourth-order valence-electron chi connectivity index (χ4n) is 5.65. The Morgan fingerprint density at radius 2 is 1.86 bits per heavy atom. The second-order valence-corrected chi connectivity index (χ2v) is 11.4. The Morgan fingerprint density at radius 3 is 2.65 bits per heavy atom. The van der Waals surface area contributed by atoms with Crippen LogP contribution in [-0.4, -0.2) is 87.1 Å². The van der Waals surface area contributed by atoms with E-state index < -0.39 is 11.7 Å². The number of hydrogen-bond donors (Lipinski definition) is 4. The molecule has 2 aliphatic rings. The number of pyridine rings is 1. The molecule has 4 N–H and O–H groups in total. The number of imidazole rings is 1. The third-order valence-corrected chi connectivity index (χ3v) is 8.41. The summed E-state index contributed by atoms with van der Waals surface area (Å²) >= 11 is 6.14. The maximum Gasteiger partial charge on any atom is 0.261 e. The van der Waals surface area contributed by atoms with Crippen LogP contribution in [0.25, 0.3) is 22.4 Å². The van der Waals surface area contributed by atoms with Gasteiger partial charge in [-0.05, 0) is 76.2 Å². The highest BCUT2D eigenvalue weighted by Gasteiger charge is 2.36. The first-order valence-corrected chi connectivity index (χ1v) is 14.8. The van der Waals surface area contributed by atoms with Crippen LogP contribution in [0.3, 0.4) is 0 Å². The molecule has 4 aromatic rings. The molecule has 2 amide bonds. The molecule has 1 atom stereocenters. The number of rotatable bonds is 11. The van der Waals surface area contributed by atoms with Crippen LogP contribution in [0, 0.1) is 6.92 Å². The van der Waals surface area contributed by atoms with Gasteiger partial charge in [0, 0.05) is 29.9 Å². The van der Waals surface area contributed by atoms with E-state index >= 15 is 0 Å². The lowest BCUT2D eigenvalue weighted by Gasteiger charge is -2.17. The van der Waals surface area contributed by atoms with Gasteiger partial charge in [0.2, 0.25) is 0 Å². The molecular formula is C31H33ClN6O5. The number of amides is 2. The van der Waals surface area contributed by atoms with Crippen molar-refractivity contribution in [1.29, 1.82) is 0 Å². The van der Waals surface area contributed by atoms with Crippen LogP contribution in [0.5, 0.6) is 5.75 Å². The van der Waals surface area contributed by atoms with E-state index in [1.807, 2.05) is 6.92 Å². The number of ether oxygens (including phenoxy) is 1. The fraction of sp³-hybridized carbons (Fsp3) is 0.355. The standard InChI is InChI=1S/C31H33ClN6O5/c1-18-22(32)6-4-7-26(18)43-17-19(39)16-34-23-8-9-33-29(40)27(23)28-35-24-14-20-21(15-25(24)36-28)31(42)38(30(20)41)13-5-12-37-10-2-3-11-37/h4,6-9,14-15,19,39H,2-3,5,10-13,16-17H2,1H3,(H,35,36)(H2,33,34,40)/t19-/m1/s1. The Morgan fingerprint density at radius 1 is 1.09 bits per heavy atom. The predicted octanol–water partition coefficient (Wildman–Crippen LogP) is 3.81. The summed E-state index contributed by atoms with van der Waals surface area (Å²) in [5.74, 6) is 0.214. The molecule has 11 nitrogen and oxygen atoms in total. The van der Waals surface area contributed by atoms with Crippen molar-refractivity contribution in [3.63, 3.8) is 0 Å². The van der Waals surface area contributed by atoms with Crippen molar-refractivity contribution in [3.8, 4) is 17.1 Å². The first-order chi connectivity index (χ1) is 20.8. The molecule has 0 unspecified atom stereocenters. The molecule has 1 saturated heterocycles. The SMILES string of the molecule is Cc1c(Cl)cccc1OC[C@H](O)CNc1cc[nH]c(=O)c1-c1nc2cc3c(cc2[nH]1)C(=O)N(CCCN1CCCC1)C3=O. The maximum absolute atomic E-state index is 13.1. The number of aliphatic hydroxyl groups is 1. The molecule has 0 saturated carbocycles. The molecule has 0 radical (unpaired) electrons. The van der Waals surface area contributed by atoms with Gasteiger partial charge in [-0.1, -0.05) is 17.7 Å². The molecule has 2 aromatic heterocycles. The molecule has 43 heavy (non-hydrogen) atoms. The lowest BCUT2D eigenvalue weighted by molar-refractivity contribution is 0.0648. The molecule has 12 heteroatoms. The largest absolute Gasteiger partial charge is 0.490 e. The van der Waals surface area contributed by atoms with Gasteiger partial charge in [0.05, 0.1) is 27.8 Å². The minimum absolute atomic E-state index is 0.0141. The number of aromatic nitrogens is 3. The second-order valence-electron chi connectivity index (χ2n) is 11.0. The van der Waals surface area contributed by atoms with Crippen molar-refractivity contribution >= 4 is 40.1 Å². The number of anilines is 1. The smallest absolute Gasteiger partial charge is 0.261 e. The first kappa shape index (κ1) is 28.9. The van der Waals surface area contributed by atoms with Crippen molar-refractivity contribution in [3.05, 3.63) is 74.7 Å². The minimum atomic E-state index is -0.889. The predicted molar refractivity (Wildman–Crippen MR) is 164 cm³/mol. The number of aliphatic hydroxyl groups excluding tert-OH is 1. The number of halogens is 1. The first-order valence-electron chi connectivity index (χ1n) is 14.4. The van der Waals surface area contributed by atoms with Crippen molar-refractivity contribution in [2.45, 2.75) is 32.3 Å². The molecule has 2 aliphatic heterocycles. The van der Waals surface area contributed by atoms with E-state index in [9.17, 15) is 19.5 Å².